The van der Waals surface area contributed by atoms with Gasteiger partial charge in [0.25, 0.3) is 0 Å². The predicted octanol–water partition coefficient (Wildman–Crippen LogP) is 3.26. The highest BCUT2D eigenvalue weighted by Gasteiger charge is 2.38. The molecule has 3 nitrogen and oxygen atoms in total. The molecule has 1 aliphatic rings. The molecule has 0 spiro atoms. The Kier molecular flexibility index (Phi) is 7.38. The number of nitrogens with one attached hydrogen (secondary N) is 1. The Morgan fingerprint density at radius 2 is 2.00 bits per heavy atom. The molecule has 0 aromatic rings. The molecule has 0 aliphatic heterocycles. The maximum Gasteiger partial charge on any atom is 0.239 e. The molecule has 0 heterocycles. The molecular weight excluding hydrogens is 260 g/mol. The van der Waals surface area contributed by atoms with Crippen molar-refractivity contribution >= 4 is 18.3 Å². The zero-order valence-corrected chi connectivity index (χ0v) is 13.7. The zero-order valence-electron chi connectivity index (χ0n) is 12.9. The number of halogens is 1. The van der Waals surface area contributed by atoms with Gasteiger partial charge in [-0.15, -0.1) is 12.4 Å². The Balaban J connectivity index is 0.00000324. The van der Waals surface area contributed by atoms with Crippen molar-refractivity contribution < 1.29 is 4.79 Å². The zero-order chi connectivity index (χ0) is 13.8. The van der Waals surface area contributed by atoms with Gasteiger partial charge < -0.3 is 11.1 Å². The lowest BCUT2D eigenvalue weighted by Gasteiger charge is -2.44. The second-order valence-corrected chi connectivity index (χ2v) is 6.80. The molecule has 0 radical (unpaired) electrons. The van der Waals surface area contributed by atoms with Crippen LogP contribution < -0.4 is 11.1 Å². The van der Waals surface area contributed by atoms with E-state index in [1.807, 2.05) is 6.92 Å². The first-order valence-electron chi connectivity index (χ1n) is 7.38. The number of nitrogens with two attached hydrogens (primary N) is 1. The molecule has 1 amide bonds. The minimum atomic E-state index is -0.711. The van der Waals surface area contributed by atoms with Crippen LogP contribution >= 0.6 is 12.4 Å². The van der Waals surface area contributed by atoms with Gasteiger partial charge in [-0.1, -0.05) is 33.6 Å². The lowest BCUT2D eigenvalue weighted by atomic mass is 9.64. The molecule has 1 rings (SSSR count). The Morgan fingerprint density at radius 3 is 2.37 bits per heavy atom. The molecule has 3 N–H and O–H groups in total. The molecule has 1 atom stereocenters. The Morgan fingerprint density at radius 1 is 1.42 bits per heavy atom. The lowest BCUT2D eigenvalue weighted by molar-refractivity contribution is -0.127. The summed E-state index contributed by atoms with van der Waals surface area (Å²) >= 11 is 0. The van der Waals surface area contributed by atoms with E-state index in [4.69, 9.17) is 5.73 Å². The maximum atomic E-state index is 12.1. The highest BCUT2D eigenvalue weighted by atomic mass is 35.5. The summed E-state index contributed by atoms with van der Waals surface area (Å²) in [5.74, 6) is 0.710. The van der Waals surface area contributed by atoms with Crippen LogP contribution in [0.15, 0.2) is 0 Å². The molecule has 0 bridgehead atoms. The second-order valence-electron chi connectivity index (χ2n) is 6.80. The lowest BCUT2D eigenvalue weighted by Crippen LogP contribution is -2.54. The van der Waals surface area contributed by atoms with Gasteiger partial charge in [-0.2, -0.15) is 0 Å². The van der Waals surface area contributed by atoms with Gasteiger partial charge in [0.15, 0.2) is 0 Å². The summed E-state index contributed by atoms with van der Waals surface area (Å²) in [7, 11) is 0. The van der Waals surface area contributed by atoms with Crippen LogP contribution in [-0.2, 0) is 4.79 Å². The van der Waals surface area contributed by atoms with Crippen LogP contribution in [0.1, 0.15) is 66.2 Å². The minimum Gasteiger partial charge on any atom is -0.354 e. The molecule has 114 valence electrons. The van der Waals surface area contributed by atoms with Gasteiger partial charge in [0.2, 0.25) is 5.91 Å². The van der Waals surface area contributed by atoms with E-state index in [9.17, 15) is 4.79 Å². The van der Waals surface area contributed by atoms with Crippen LogP contribution in [0.25, 0.3) is 0 Å². The van der Waals surface area contributed by atoms with Crippen molar-refractivity contribution in [3.05, 3.63) is 0 Å². The average Bonchev–Trinajstić information content (AvgIpc) is 2.20. The molecule has 1 saturated carbocycles. The van der Waals surface area contributed by atoms with Crippen LogP contribution in [0.3, 0.4) is 0 Å². The Hall–Kier alpha value is -0.280. The fourth-order valence-corrected chi connectivity index (χ4v) is 3.10. The van der Waals surface area contributed by atoms with Crippen molar-refractivity contribution in [2.45, 2.75) is 71.8 Å². The summed E-state index contributed by atoms with van der Waals surface area (Å²) in [6.45, 7) is 9.21. The van der Waals surface area contributed by atoms with E-state index in [0.29, 0.717) is 11.3 Å². The normalized spacial score (nSPS) is 20.1. The van der Waals surface area contributed by atoms with Crippen LogP contribution in [0.4, 0.5) is 0 Å². The molecule has 1 aliphatic carbocycles. The third-order valence-corrected chi connectivity index (χ3v) is 4.17. The van der Waals surface area contributed by atoms with Gasteiger partial charge in [0.05, 0.1) is 5.54 Å². The average molecular weight is 291 g/mol. The largest absolute Gasteiger partial charge is 0.354 e. The number of carbonyl (C=O) groups excluding carboxylic acids is 1. The first kappa shape index (κ1) is 18.7. The summed E-state index contributed by atoms with van der Waals surface area (Å²) < 4.78 is 0. The standard InChI is InChI=1S/C15H30N2O.ClH/c1-5-7-14(4,16)13(18)17-11-15(8-6-9-15)10-12(2)3;/h12H,5-11,16H2,1-4H3,(H,17,18);1H. The summed E-state index contributed by atoms with van der Waals surface area (Å²) in [4.78, 5) is 12.1. The van der Waals surface area contributed by atoms with Crippen molar-refractivity contribution in [3.63, 3.8) is 0 Å². The summed E-state index contributed by atoms with van der Waals surface area (Å²) in [6.07, 6.45) is 6.70. The first-order chi connectivity index (χ1) is 8.31. The highest BCUT2D eigenvalue weighted by molar-refractivity contribution is 5.85. The number of rotatable bonds is 7. The monoisotopic (exact) mass is 290 g/mol. The van der Waals surface area contributed by atoms with E-state index in [0.717, 1.165) is 19.4 Å². The van der Waals surface area contributed by atoms with Crippen molar-refractivity contribution in [2.24, 2.45) is 17.1 Å². The van der Waals surface area contributed by atoms with Gasteiger partial charge >= 0.3 is 0 Å². The van der Waals surface area contributed by atoms with E-state index >= 15 is 0 Å². The van der Waals surface area contributed by atoms with Crippen LogP contribution in [0.2, 0.25) is 0 Å². The van der Waals surface area contributed by atoms with Crippen LogP contribution in [-0.4, -0.2) is 18.0 Å². The topological polar surface area (TPSA) is 55.1 Å². The molecular formula is C15H31ClN2O. The molecule has 0 aromatic carbocycles. The van der Waals surface area contributed by atoms with Gasteiger partial charge in [-0.3, -0.25) is 4.79 Å². The minimum absolute atomic E-state index is 0. The van der Waals surface area contributed by atoms with Crippen LogP contribution in [0.5, 0.6) is 0 Å². The number of amides is 1. The van der Waals surface area contributed by atoms with E-state index in [1.54, 1.807) is 0 Å². The van der Waals surface area contributed by atoms with Crippen LogP contribution in [0, 0.1) is 11.3 Å². The Labute approximate surface area is 124 Å². The molecule has 0 aromatic heterocycles. The van der Waals surface area contributed by atoms with E-state index in [-0.39, 0.29) is 18.3 Å². The highest BCUT2D eigenvalue weighted by Crippen LogP contribution is 2.45. The van der Waals surface area contributed by atoms with E-state index < -0.39 is 5.54 Å². The molecule has 0 saturated heterocycles. The van der Waals surface area contributed by atoms with Crippen molar-refractivity contribution in [2.75, 3.05) is 6.54 Å². The van der Waals surface area contributed by atoms with E-state index in [2.05, 4.69) is 26.1 Å². The Bertz CT molecular complexity index is 286. The molecule has 4 heteroatoms. The van der Waals surface area contributed by atoms with Crippen molar-refractivity contribution in [3.8, 4) is 0 Å². The van der Waals surface area contributed by atoms with Gasteiger partial charge in [0.1, 0.15) is 0 Å². The fraction of sp³-hybridized carbons (Fsp3) is 0.933. The smallest absolute Gasteiger partial charge is 0.239 e. The number of hydrogen-bond acceptors (Lipinski definition) is 2. The fourth-order valence-electron chi connectivity index (χ4n) is 3.10. The predicted molar refractivity (Wildman–Crippen MR) is 83.5 cm³/mol. The quantitative estimate of drug-likeness (QED) is 0.756. The summed E-state index contributed by atoms with van der Waals surface area (Å²) in [5, 5.41) is 3.09. The number of carbonyl (C=O) groups is 1. The summed E-state index contributed by atoms with van der Waals surface area (Å²) in [5.41, 5.74) is 5.69. The second kappa shape index (κ2) is 7.49. The van der Waals surface area contributed by atoms with Gasteiger partial charge in [0, 0.05) is 6.54 Å². The molecule has 1 fully saturated rings. The van der Waals surface area contributed by atoms with Gasteiger partial charge in [-0.05, 0) is 43.9 Å². The van der Waals surface area contributed by atoms with E-state index in [1.165, 1.54) is 25.7 Å². The maximum absolute atomic E-state index is 12.1. The summed E-state index contributed by atoms with van der Waals surface area (Å²) in [6, 6.07) is 0. The first-order valence-corrected chi connectivity index (χ1v) is 7.38. The number of hydrogen-bond donors (Lipinski definition) is 2. The molecule has 1 unspecified atom stereocenters. The van der Waals surface area contributed by atoms with Gasteiger partial charge in [-0.25, -0.2) is 0 Å². The SMILES string of the molecule is CCCC(C)(N)C(=O)NCC1(CC(C)C)CCC1.Cl. The van der Waals surface area contributed by atoms with Crippen molar-refractivity contribution in [1.82, 2.24) is 5.32 Å². The third-order valence-electron chi connectivity index (χ3n) is 4.17. The molecule has 19 heavy (non-hydrogen) atoms. The van der Waals surface area contributed by atoms with Crippen molar-refractivity contribution in [1.29, 1.82) is 0 Å². The third kappa shape index (κ3) is 5.31.